The molecule has 2 unspecified atom stereocenters. The Morgan fingerprint density at radius 3 is 2.77 bits per heavy atom. The van der Waals surface area contributed by atoms with Gasteiger partial charge in [-0.05, 0) is 19.1 Å². The number of hydrogen-bond acceptors (Lipinski definition) is 8. The van der Waals surface area contributed by atoms with Crippen LogP contribution in [0, 0.1) is 6.92 Å². The third kappa shape index (κ3) is 4.20. The van der Waals surface area contributed by atoms with Crippen molar-refractivity contribution in [1.82, 2.24) is 4.98 Å². The molecule has 0 radical (unpaired) electrons. The molecule has 8 atom stereocenters. The van der Waals surface area contributed by atoms with E-state index < -0.39 is 53.0 Å². The van der Waals surface area contributed by atoms with E-state index in [0.717, 1.165) is 11.3 Å². The molecule has 2 saturated heterocycles. The molecule has 2 fully saturated rings. The standard InChI is InChI=1S/C17H26NO7S/c1-9-4-10(2-3-18-9)17-24-6-11(20)16(25-17)13(22)8-26-7-12(21)15(23)14(26)5-19/h2-4,11-17,19-23H,5-8H2,1H3/q+1/t11-,12-,13-,14-,15+,16+,17?,26?/m1/s1. The number of aliphatic hydroxyl groups is 5. The maximum atomic E-state index is 10.6. The van der Waals surface area contributed by atoms with Crippen molar-refractivity contribution in [3.63, 3.8) is 0 Å². The fraction of sp³-hybridized carbons (Fsp3) is 0.706. The van der Waals surface area contributed by atoms with E-state index >= 15 is 0 Å². The van der Waals surface area contributed by atoms with Gasteiger partial charge < -0.3 is 35.0 Å². The van der Waals surface area contributed by atoms with Crippen molar-refractivity contribution in [2.75, 3.05) is 24.7 Å². The average Bonchev–Trinajstić information content (AvgIpc) is 2.88. The van der Waals surface area contributed by atoms with Crippen LogP contribution in [0.2, 0.25) is 0 Å². The minimum Gasteiger partial charge on any atom is -0.391 e. The summed E-state index contributed by atoms with van der Waals surface area (Å²) in [5.41, 5.74) is 1.56. The summed E-state index contributed by atoms with van der Waals surface area (Å²) in [4.78, 5) is 4.12. The molecule has 0 saturated carbocycles. The van der Waals surface area contributed by atoms with Crippen molar-refractivity contribution in [3.8, 4) is 0 Å². The van der Waals surface area contributed by atoms with Crippen molar-refractivity contribution in [3.05, 3.63) is 29.6 Å². The molecule has 1 aromatic heterocycles. The fourth-order valence-corrected chi connectivity index (χ4v) is 6.08. The highest BCUT2D eigenvalue weighted by molar-refractivity contribution is 7.97. The average molecular weight is 388 g/mol. The number of hydrogen-bond donors (Lipinski definition) is 5. The van der Waals surface area contributed by atoms with Gasteiger partial charge in [-0.15, -0.1) is 0 Å². The van der Waals surface area contributed by atoms with Gasteiger partial charge in [-0.3, -0.25) is 4.98 Å². The van der Waals surface area contributed by atoms with Crippen LogP contribution in [-0.2, 0) is 20.4 Å². The van der Waals surface area contributed by atoms with Gasteiger partial charge in [-0.1, -0.05) is 0 Å². The Labute approximate surface area is 154 Å². The molecule has 1 aromatic rings. The second-order valence-corrected chi connectivity index (χ2v) is 9.13. The molecule has 5 N–H and O–H groups in total. The zero-order valence-corrected chi connectivity index (χ0v) is 15.3. The van der Waals surface area contributed by atoms with Crippen LogP contribution in [0.15, 0.2) is 18.3 Å². The molecular weight excluding hydrogens is 362 g/mol. The first-order chi connectivity index (χ1) is 12.4. The van der Waals surface area contributed by atoms with Gasteiger partial charge in [0, 0.05) is 28.3 Å². The molecular formula is C17H26NO7S+. The molecule has 0 aliphatic carbocycles. The monoisotopic (exact) mass is 388 g/mol. The van der Waals surface area contributed by atoms with Crippen molar-refractivity contribution < 1.29 is 35.0 Å². The highest BCUT2D eigenvalue weighted by atomic mass is 32.2. The van der Waals surface area contributed by atoms with Crippen LogP contribution in [0.25, 0.3) is 0 Å². The quantitative estimate of drug-likeness (QED) is 0.375. The smallest absolute Gasteiger partial charge is 0.184 e. The number of ether oxygens (including phenoxy) is 2. The van der Waals surface area contributed by atoms with Crippen LogP contribution in [0.3, 0.4) is 0 Å². The van der Waals surface area contributed by atoms with Gasteiger partial charge in [0.05, 0.1) is 13.2 Å². The van der Waals surface area contributed by atoms with E-state index in [4.69, 9.17) is 9.47 Å². The van der Waals surface area contributed by atoms with Crippen LogP contribution >= 0.6 is 0 Å². The Hall–Kier alpha value is -0.780. The third-order valence-corrected chi connectivity index (χ3v) is 7.63. The van der Waals surface area contributed by atoms with Gasteiger partial charge in [0.1, 0.15) is 42.0 Å². The molecule has 2 aliphatic rings. The molecule has 3 rings (SSSR count). The molecule has 3 heterocycles. The summed E-state index contributed by atoms with van der Waals surface area (Å²) in [6.45, 7) is 1.61. The lowest BCUT2D eigenvalue weighted by Gasteiger charge is -2.36. The number of pyridine rings is 1. The number of nitrogens with zero attached hydrogens (tertiary/aromatic N) is 1. The summed E-state index contributed by atoms with van der Waals surface area (Å²) >= 11 is 0. The molecule has 8 nitrogen and oxygen atoms in total. The maximum Gasteiger partial charge on any atom is 0.184 e. The third-order valence-electron chi connectivity index (χ3n) is 4.80. The van der Waals surface area contributed by atoms with Crippen LogP contribution in [-0.4, -0.2) is 91.0 Å². The molecule has 2 aliphatic heterocycles. The summed E-state index contributed by atoms with van der Waals surface area (Å²) in [5.74, 6) is 0.541. The van der Waals surface area contributed by atoms with Crippen LogP contribution in [0.1, 0.15) is 17.5 Å². The fourth-order valence-electron chi connectivity index (χ4n) is 3.40. The minimum absolute atomic E-state index is 0.0240. The number of aliphatic hydroxyl groups excluding tert-OH is 5. The molecule has 0 aromatic carbocycles. The summed E-state index contributed by atoms with van der Waals surface area (Å²) in [6, 6.07) is 3.57. The SMILES string of the molecule is Cc1cc(C2OC[C@@H](O)[C@@H]([C@H](O)C[S+]3C[C@@H](O)[C@H](O)[C@H]3CO)O2)ccn1. The van der Waals surface area contributed by atoms with Crippen molar-refractivity contribution in [1.29, 1.82) is 0 Å². The first-order valence-corrected chi connectivity index (χ1v) is 10.2. The Bertz CT molecular complexity index is 606. The zero-order valence-electron chi connectivity index (χ0n) is 14.5. The molecule has 0 bridgehead atoms. The lowest BCUT2D eigenvalue weighted by Crippen LogP contribution is -2.50. The van der Waals surface area contributed by atoms with E-state index in [9.17, 15) is 25.5 Å². The first-order valence-electron chi connectivity index (χ1n) is 8.59. The second-order valence-electron chi connectivity index (χ2n) is 6.78. The molecule has 146 valence electrons. The molecule has 26 heavy (non-hydrogen) atoms. The van der Waals surface area contributed by atoms with Crippen LogP contribution in [0.5, 0.6) is 0 Å². The second kappa shape index (κ2) is 8.49. The molecule has 9 heteroatoms. The van der Waals surface area contributed by atoms with Crippen LogP contribution in [0.4, 0.5) is 0 Å². The lowest BCUT2D eigenvalue weighted by molar-refractivity contribution is -0.273. The van der Waals surface area contributed by atoms with E-state index in [0.29, 0.717) is 5.75 Å². The van der Waals surface area contributed by atoms with Gasteiger partial charge in [0.25, 0.3) is 0 Å². The predicted octanol–water partition coefficient (Wildman–Crippen LogP) is -1.76. The minimum atomic E-state index is -1.01. The molecule has 0 amide bonds. The Balaban J connectivity index is 1.66. The molecule has 0 spiro atoms. The van der Waals surface area contributed by atoms with E-state index in [1.807, 2.05) is 13.0 Å². The maximum absolute atomic E-state index is 10.6. The normalized spacial score (nSPS) is 39.1. The largest absolute Gasteiger partial charge is 0.391 e. The number of aryl methyl sites for hydroxylation is 1. The lowest BCUT2D eigenvalue weighted by atomic mass is 10.1. The number of rotatable bonds is 5. The van der Waals surface area contributed by atoms with E-state index in [-0.39, 0.29) is 19.0 Å². The zero-order chi connectivity index (χ0) is 18.8. The van der Waals surface area contributed by atoms with Crippen LogP contribution < -0.4 is 0 Å². The van der Waals surface area contributed by atoms with Crippen molar-refractivity contribution in [2.45, 2.75) is 49.0 Å². The summed E-state index contributed by atoms with van der Waals surface area (Å²) in [6.07, 6.45) is -3.82. The van der Waals surface area contributed by atoms with E-state index in [1.54, 1.807) is 12.3 Å². The topological polar surface area (TPSA) is 132 Å². The van der Waals surface area contributed by atoms with Gasteiger partial charge in [0.2, 0.25) is 0 Å². The number of aromatic nitrogens is 1. The Morgan fingerprint density at radius 2 is 2.08 bits per heavy atom. The summed E-state index contributed by atoms with van der Waals surface area (Å²) < 4.78 is 11.3. The first kappa shape index (κ1) is 20.0. The Morgan fingerprint density at radius 1 is 1.31 bits per heavy atom. The predicted molar refractivity (Wildman–Crippen MR) is 94.5 cm³/mol. The highest BCUT2D eigenvalue weighted by Crippen LogP contribution is 2.30. The van der Waals surface area contributed by atoms with Gasteiger partial charge in [-0.2, -0.15) is 0 Å². The van der Waals surface area contributed by atoms with Crippen molar-refractivity contribution in [2.24, 2.45) is 0 Å². The summed E-state index contributed by atoms with van der Waals surface area (Å²) in [5, 5.41) is 49.5. The van der Waals surface area contributed by atoms with Gasteiger partial charge in [0.15, 0.2) is 11.5 Å². The van der Waals surface area contributed by atoms with Gasteiger partial charge >= 0.3 is 0 Å². The van der Waals surface area contributed by atoms with Crippen molar-refractivity contribution >= 4 is 10.9 Å². The van der Waals surface area contributed by atoms with E-state index in [1.165, 1.54) is 0 Å². The highest BCUT2D eigenvalue weighted by Gasteiger charge is 2.51. The summed E-state index contributed by atoms with van der Waals surface area (Å²) in [7, 11) is -0.573. The Kier molecular flexibility index (Phi) is 6.52. The van der Waals surface area contributed by atoms with E-state index in [2.05, 4.69) is 4.98 Å². The van der Waals surface area contributed by atoms with Gasteiger partial charge in [-0.25, -0.2) is 0 Å².